The number of hydrogen-bond acceptors (Lipinski definition) is 5. The van der Waals surface area contributed by atoms with Gasteiger partial charge in [-0.1, -0.05) is 6.07 Å². The van der Waals surface area contributed by atoms with Crippen LogP contribution in [0.25, 0.3) is 0 Å². The second-order valence-corrected chi connectivity index (χ2v) is 7.10. The Kier molecular flexibility index (Phi) is 5.93. The van der Waals surface area contributed by atoms with E-state index >= 15 is 0 Å². The van der Waals surface area contributed by atoms with E-state index in [1.807, 2.05) is 18.2 Å². The largest absolute Gasteiger partial charge is 0.480 e. The van der Waals surface area contributed by atoms with Gasteiger partial charge in [0.05, 0.1) is 0 Å². The second kappa shape index (κ2) is 8.37. The van der Waals surface area contributed by atoms with Gasteiger partial charge in [0.1, 0.15) is 11.9 Å². The van der Waals surface area contributed by atoms with E-state index in [9.17, 15) is 19.5 Å². The highest BCUT2D eigenvalue weighted by Gasteiger charge is 2.38. The van der Waals surface area contributed by atoms with Crippen LogP contribution in [0, 0.1) is 0 Å². The third-order valence-electron chi connectivity index (χ3n) is 5.16. The average molecular weight is 374 g/mol. The maximum atomic E-state index is 12.5. The highest BCUT2D eigenvalue weighted by Crippen LogP contribution is 2.29. The number of nitrogens with zero attached hydrogens (tertiary/aromatic N) is 4. The van der Waals surface area contributed by atoms with Crippen molar-refractivity contribution < 1.29 is 19.5 Å². The number of hydrogen-bond donors (Lipinski definition) is 1. The number of aliphatic carboxylic acids is 1. The highest BCUT2D eigenvalue weighted by molar-refractivity contribution is 5.87. The Bertz CT molecular complexity index is 684. The van der Waals surface area contributed by atoms with Gasteiger partial charge in [0.25, 0.3) is 0 Å². The monoisotopic (exact) mass is 374 g/mol. The molecular weight excluding hydrogens is 348 g/mol. The average Bonchev–Trinajstić information content (AvgIpc) is 3.52. The van der Waals surface area contributed by atoms with E-state index in [2.05, 4.69) is 9.88 Å². The summed E-state index contributed by atoms with van der Waals surface area (Å²) >= 11 is 0. The lowest BCUT2D eigenvalue weighted by Crippen LogP contribution is -2.49. The van der Waals surface area contributed by atoms with Crippen LogP contribution in [0.4, 0.5) is 5.82 Å². The summed E-state index contributed by atoms with van der Waals surface area (Å²) in [7, 11) is 0. The van der Waals surface area contributed by atoms with Gasteiger partial charge in [-0.25, -0.2) is 9.78 Å². The fourth-order valence-corrected chi connectivity index (χ4v) is 3.43. The van der Waals surface area contributed by atoms with Gasteiger partial charge in [0.15, 0.2) is 0 Å². The summed E-state index contributed by atoms with van der Waals surface area (Å²) < 4.78 is 0. The van der Waals surface area contributed by atoms with E-state index in [-0.39, 0.29) is 30.7 Å². The van der Waals surface area contributed by atoms with Gasteiger partial charge in [0, 0.05) is 51.3 Å². The number of aromatic nitrogens is 1. The Morgan fingerprint density at radius 3 is 2.44 bits per heavy atom. The number of carboxylic acids is 1. The molecule has 1 saturated heterocycles. The van der Waals surface area contributed by atoms with Crippen molar-refractivity contribution in [2.45, 2.75) is 44.7 Å². The third-order valence-corrected chi connectivity index (χ3v) is 5.16. The summed E-state index contributed by atoms with van der Waals surface area (Å²) in [6, 6.07) is 4.93. The van der Waals surface area contributed by atoms with Crippen LogP contribution in [0.3, 0.4) is 0 Å². The first-order chi connectivity index (χ1) is 13.0. The molecule has 1 aliphatic heterocycles. The van der Waals surface area contributed by atoms with Gasteiger partial charge < -0.3 is 19.8 Å². The molecule has 1 unspecified atom stereocenters. The van der Waals surface area contributed by atoms with Crippen LogP contribution >= 0.6 is 0 Å². The first kappa shape index (κ1) is 19.1. The quantitative estimate of drug-likeness (QED) is 0.764. The normalized spacial score (nSPS) is 18.1. The zero-order chi connectivity index (χ0) is 19.4. The molecule has 1 saturated carbocycles. The topological polar surface area (TPSA) is 94.0 Å². The van der Waals surface area contributed by atoms with Gasteiger partial charge in [0.2, 0.25) is 11.8 Å². The molecule has 0 spiro atoms. The summed E-state index contributed by atoms with van der Waals surface area (Å²) in [5, 5.41) is 9.20. The fraction of sp³-hybridized carbons (Fsp3) is 0.579. The van der Waals surface area contributed by atoms with Crippen LogP contribution in [0.1, 0.15) is 32.6 Å². The first-order valence-electron chi connectivity index (χ1n) is 9.45. The summed E-state index contributed by atoms with van der Waals surface area (Å²) in [5.41, 5.74) is 0. The van der Waals surface area contributed by atoms with Gasteiger partial charge >= 0.3 is 5.97 Å². The van der Waals surface area contributed by atoms with Crippen LogP contribution in [0.5, 0.6) is 0 Å². The van der Waals surface area contributed by atoms with E-state index in [1.54, 1.807) is 11.1 Å². The number of amides is 2. The number of piperazine rings is 1. The number of carbonyl (C=O) groups excluding carboxylic acids is 2. The fourth-order valence-electron chi connectivity index (χ4n) is 3.43. The highest BCUT2D eigenvalue weighted by atomic mass is 16.4. The summed E-state index contributed by atoms with van der Waals surface area (Å²) in [4.78, 5) is 45.8. The Hall–Kier alpha value is -2.64. The molecule has 2 aliphatic rings. The molecule has 0 radical (unpaired) electrons. The maximum absolute atomic E-state index is 12.5. The van der Waals surface area contributed by atoms with Crippen molar-refractivity contribution in [1.29, 1.82) is 0 Å². The van der Waals surface area contributed by atoms with Crippen LogP contribution in [0.15, 0.2) is 24.4 Å². The zero-order valence-electron chi connectivity index (χ0n) is 15.6. The molecule has 1 N–H and O–H groups in total. The molecule has 1 aromatic rings. The lowest BCUT2D eigenvalue weighted by molar-refractivity contribution is -0.150. The maximum Gasteiger partial charge on any atom is 0.326 e. The van der Waals surface area contributed by atoms with Gasteiger partial charge in [-0.15, -0.1) is 0 Å². The lowest BCUT2D eigenvalue weighted by Gasteiger charge is -2.35. The van der Waals surface area contributed by atoms with Crippen molar-refractivity contribution >= 4 is 23.6 Å². The van der Waals surface area contributed by atoms with Crippen molar-refractivity contribution in [3.8, 4) is 0 Å². The minimum absolute atomic E-state index is 0.0145. The molecule has 8 heteroatoms. The minimum atomic E-state index is -1.01. The van der Waals surface area contributed by atoms with Crippen LogP contribution in [-0.2, 0) is 14.4 Å². The number of anilines is 1. The lowest BCUT2D eigenvalue weighted by atomic mass is 10.2. The minimum Gasteiger partial charge on any atom is -0.480 e. The molecule has 2 fully saturated rings. The first-order valence-corrected chi connectivity index (χ1v) is 9.45. The summed E-state index contributed by atoms with van der Waals surface area (Å²) in [6.45, 7) is 4.14. The molecular formula is C19H26N4O4. The van der Waals surface area contributed by atoms with Crippen LogP contribution in [-0.4, -0.2) is 75.9 Å². The smallest absolute Gasteiger partial charge is 0.326 e. The van der Waals surface area contributed by atoms with Gasteiger partial charge in [-0.3, -0.25) is 9.59 Å². The second-order valence-electron chi connectivity index (χ2n) is 7.10. The molecule has 1 atom stereocenters. The van der Waals surface area contributed by atoms with E-state index in [0.29, 0.717) is 26.2 Å². The van der Waals surface area contributed by atoms with E-state index < -0.39 is 12.0 Å². The van der Waals surface area contributed by atoms with E-state index in [1.165, 1.54) is 11.8 Å². The van der Waals surface area contributed by atoms with Crippen LogP contribution < -0.4 is 4.90 Å². The number of pyridine rings is 1. The van der Waals surface area contributed by atoms with Crippen LogP contribution in [0.2, 0.25) is 0 Å². The molecule has 146 valence electrons. The standard InChI is InChI=1S/C19H26N4O4/c1-14(19(26)27)23(15-5-6-15)18(25)8-7-17(24)22-12-10-21(11-13-22)16-4-2-3-9-20-16/h2-4,9,14-15H,5-8,10-13H2,1H3,(H,26,27). The molecule has 2 heterocycles. The Morgan fingerprint density at radius 1 is 1.19 bits per heavy atom. The predicted molar refractivity (Wildman–Crippen MR) is 99.2 cm³/mol. The Balaban J connectivity index is 1.47. The molecule has 0 bridgehead atoms. The molecule has 2 amide bonds. The molecule has 1 aromatic heterocycles. The molecule has 0 aromatic carbocycles. The van der Waals surface area contributed by atoms with Crippen molar-refractivity contribution in [2.24, 2.45) is 0 Å². The Labute approximate surface area is 158 Å². The van der Waals surface area contributed by atoms with Gasteiger partial charge in [-0.2, -0.15) is 0 Å². The number of rotatable bonds is 7. The predicted octanol–water partition coefficient (Wildman–Crippen LogP) is 0.975. The Morgan fingerprint density at radius 2 is 1.89 bits per heavy atom. The summed E-state index contributed by atoms with van der Waals surface area (Å²) in [6.07, 6.45) is 3.62. The molecule has 1 aliphatic carbocycles. The molecule has 3 rings (SSSR count). The number of carboxylic acid groups (broad SMARTS) is 1. The van der Waals surface area contributed by atoms with E-state index in [4.69, 9.17) is 0 Å². The van der Waals surface area contributed by atoms with Gasteiger partial charge in [-0.05, 0) is 31.9 Å². The SMILES string of the molecule is CC(C(=O)O)N(C(=O)CCC(=O)N1CCN(c2ccccn2)CC1)C1CC1. The molecule has 27 heavy (non-hydrogen) atoms. The molecule has 8 nitrogen and oxygen atoms in total. The van der Waals surface area contributed by atoms with Crippen molar-refractivity contribution in [2.75, 3.05) is 31.1 Å². The zero-order valence-corrected chi connectivity index (χ0v) is 15.6. The van der Waals surface area contributed by atoms with E-state index in [0.717, 1.165) is 18.7 Å². The summed E-state index contributed by atoms with van der Waals surface area (Å²) in [5.74, 6) is -0.398. The van der Waals surface area contributed by atoms with Crippen molar-refractivity contribution in [3.63, 3.8) is 0 Å². The van der Waals surface area contributed by atoms with Crippen molar-refractivity contribution in [3.05, 3.63) is 24.4 Å². The van der Waals surface area contributed by atoms with Crippen molar-refractivity contribution in [1.82, 2.24) is 14.8 Å². The number of carbonyl (C=O) groups is 3. The third kappa shape index (κ3) is 4.75.